The number of esters is 2. The van der Waals surface area contributed by atoms with Gasteiger partial charge in [-0.25, -0.2) is 9.59 Å². The fraction of sp³-hybridized carbons (Fsp3) is 0.739. The summed E-state index contributed by atoms with van der Waals surface area (Å²) in [5.74, 6) is -0.712. The molecular weight excluding hydrogens is 356 g/mol. The predicted octanol–water partition coefficient (Wildman–Crippen LogP) is 5.51. The highest BCUT2D eigenvalue weighted by Crippen LogP contribution is 2.11. The number of hydrogen-bond donors (Lipinski definition) is 1. The Kier molecular flexibility index (Phi) is 22.1. The number of aliphatic hydroxyl groups is 1. The average molecular weight is 399 g/mol. The third-order valence-electron chi connectivity index (χ3n) is 4.00. The second-order valence-corrected chi connectivity index (χ2v) is 7.09. The van der Waals surface area contributed by atoms with Crippen molar-refractivity contribution in [3.63, 3.8) is 0 Å². The Balaban J connectivity index is 0. The molecule has 0 aromatic rings. The van der Waals surface area contributed by atoms with E-state index in [9.17, 15) is 9.59 Å². The molecule has 0 saturated carbocycles. The van der Waals surface area contributed by atoms with Gasteiger partial charge in [-0.15, -0.1) is 0 Å². The van der Waals surface area contributed by atoms with E-state index in [1.54, 1.807) is 13.8 Å². The number of ether oxygens (including phenoxy) is 2. The van der Waals surface area contributed by atoms with Gasteiger partial charge in [0.1, 0.15) is 6.61 Å². The first-order valence-corrected chi connectivity index (χ1v) is 10.6. The fourth-order valence-corrected chi connectivity index (χ4v) is 2.32. The van der Waals surface area contributed by atoms with Crippen molar-refractivity contribution in [1.82, 2.24) is 0 Å². The molecule has 28 heavy (non-hydrogen) atoms. The molecule has 0 bridgehead atoms. The number of unbranched alkanes of at least 4 members (excludes halogenated alkanes) is 10. The third-order valence-corrected chi connectivity index (χ3v) is 4.00. The average Bonchev–Trinajstić information content (AvgIpc) is 2.67. The Hall–Kier alpha value is -1.62. The monoisotopic (exact) mass is 398 g/mol. The lowest BCUT2D eigenvalue weighted by Gasteiger charge is -2.04. The zero-order valence-electron chi connectivity index (χ0n) is 18.4. The van der Waals surface area contributed by atoms with E-state index in [4.69, 9.17) is 9.84 Å². The minimum atomic E-state index is -0.455. The maximum absolute atomic E-state index is 11.1. The number of carbonyl (C=O) groups excluding carboxylic acids is 2. The van der Waals surface area contributed by atoms with Crippen molar-refractivity contribution in [1.29, 1.82) is 0 Å². The summed E-state index contributed by atoms with van der Waals surface area (Å²) < 4.78 is 9.51. The Labute approximate surface area is 172 Å². The van der Waals surface area contributed by atoms with Crippen molar-refractivity contribution in [2.75, 3.05) is 19.8 Å². The van der Waals surface area contributed by atoms with Crippen molar-refractivity contribution < 1.29 is 24.2 Å². The highest BCUT2D eigenvalue weighted by atomic mass is 16.5. The van der Waals surface area contributed by atoms with Crippen molar-refractivity contribution in [3.05, 3.63) is 24.3 Å². The van der Waals surface area contributed by atoms with Crippen LogP contribution in [0.3, 0.4) is 0 Å². The van der Waals surface area contributed by atoms with Gasteiger partial charge in [0.15, 0.2) is 0 Å². The van der Waals surface area contributed by atoms with Gasteiger partial charge in [0.2, 0.25) is 0 Å². The van der Waals surface area contributed by atoms with E-state index in [1.165, 1.54) is 64.2 Å². The standard InChI is InChI=1S/C17H32O2.C6H10O3/c1-4-5-6-7-8-9-10-11-12-13-14-15-19-17(18)16(2)3;1-5(2)6(8)9-4-3-7/h2,4-15H2,1,3H3;7H,1,3-4H2,2H3. The van der Waals surface area contributed by atoms with Crippen molar-refractivity contribution >= 4 is 11.9 Å². The fourth-order valence-electron chi connectivity index (χ4n) is 2.32. The number of rotatable bonds is 16. The van der Waals surface area contributed by atoms with Crippen LogP contribution in [0.1, 0.15) is 91.4 Å². The van der Waals surface area contributed by atoms with Crippen molar-refractivity contribution in [2.24, 2.45) is 0 Å². The van der Waals surface area contributed by atoms with Crippen LogP contribution < -0.4 is 0 Å². The summed E-state index contributed by atoms with van der Waals surface area (Å²) in [5, 5.41) is 8.19. The second-order valence-electron chi connectivity index (χ2n) is 7.09. The summed E-state index contributed by atoms with van der Waals surface area (Å²) in [6.07, 6.45) is 14.4. The lowest BCUT2D eigenvalue weighted by molar-refractivity contribution is -0.140. The largest absolute Gasteiger partial charge is 0.462 e. The lowest BCUT2D eigenvalue weighted by atomic mass is 10.1. The van der Waals surface area contributed by atoms with Gasteiger partial charge < -0.3 is 14.6 Å². The van der Waals surface area contributed by atoms with E-state index in [-0.39, 0.29) is 19.2 Å². The molecule has 0 amide bonds. The van der Waals surface area contributed by atoms with Gasteiger partial charge in [-0.1, -0.05) is 84.3 Å². The molecule has 0 aromatic heterocycles. The van der Waals surface area contributed by atoms with Crippen molar-refractivity contribution in [3.8, 4) is 0 Å². The first kappa shape index (κ1) is 28.6. The molecule has 1 N–H and O–H groups in total. The van der Waals surface area contributed by atoms with Crippen LogP contribution in [0.2, 0.25) is 0 Å². The Morgan fingerprint density at radius 1 is 0.679 bits per heavy atom. The van der Waals surface area contributed by atoms with Crippen LogP contribution in [0.15, 0.2) is 24.3 Å². The molecule has 0 atom stereocenters. The number of aliphatic hydroxyl groups excluding tert-OH is 1. The van der Waals surface area contributed by atoms with E-state index < -0.39 is 5.97 Å². The Morgan fingerprint density at radius 3 is 1.39 bits per heavy atom. The van der Waals surface area contributed by atoms with Crippen LogP contribution in [0.4, 0.5) is 0 Å². The van der Waals surface area contributed by atoms with Gasteiger partial charge in [-0.05, 0) is 20.3 Å². The zero-order valence-corrected chi connectivity index (χ0v) is 18.4. The van der Waals surface area contributed by atoms with Crippen LogP contribution in [0.5, 0.6) is 0 Å². The summed E-state index contributed by atoms with van der Waals surface area (Å²) >= 11 is 0. The molecule has 0 spiro atoms. The molecule has 0 fully saturated rings. The molecule has 0 radical (unpaired) electrons. The molecular formula is C23H42O5. The van der Waals surface area contributed by atoms with E-state index >= 15 is 0 Å². The molecule has 5 nitrogen and oxygen atoms in total. The summed E-state index contributed by atoms with van der Waals surface area (Å²) in [4.78, 5) is 21.6. The van der Waals surface area contributed by atoms with Crippen LogP contribution >= 0.6 is 0 Å². The number of carbonyl (C=O) groups is 2. The molecule has 0 unspecified atom stereocenters. The molecule has 0 aromatic carbocycles. The van der Waals surface area contributed by atoms with Crippen LogP contribution in [0.25, 0.3) is 0 Å². The first-order valence-electron chi connectivity index (χ1n) is 10.6. The van der Waals surface area contributed by atoms with E-state index in [2.05, 4.69) is 24.8 Å². The first-order chi connectivity index (χ1) is 13.4. The van der Waals surface area contributed by atoms with E-state index in [1.807, 2.05) is 0 Å². The molecule has 164 valence electrons. The summed E-state index contributed by atoms with van der Waals surface area (Å²) in [7, 11) is 0. The summed E-state index contributed by atoms with van der Waals surface area (Å²) in [6.45, 7) is 12.9. The SMILES string of the molecule is C=C(C)C(=O)OCCCCCCCCCCCCC.C=C(C)C(=O)OCCO. The van der Waals surface area contributed by atoms with E-state index in [0.717, 1.165) is 6.42 Å². The topological polar surface area (TPSA) is 72.8 Å². The molecule has 0 aliphatic rings. The minimum Gasteiger partial charge on any atom is -0.462 e. The van der Waals surface area contributed by atoms with Crippen molar-refractivity contribution in [2.45, 2.75) is 91.4 Å². The second kappa shape index (κ2) is 21.7. The van der Waals surface area contributed by atoms with Gasteiger partial charge in [-0.3, -0.25) is 0 Å². The molecule has 0 aliphatic carbocycles. The zero-order chi connectivity index (χ0) is 21.6. The number of hydrogen-bond acceptors (Lipinski definition) is 5. The third kappa shape index (κ3) is 22.4. The molecule has 0 heterocycles. The predicted molar refractivity (Wildman–Crippen MR) is 115 cm³/mol. The Morgan fingerprint density at radius 2 is 1.04 bits per heavy atom. The highest BCUT2D eigenvalue weighted by molar-refractivity contribution is 5.87. The quantitative estimate of drug-likeness (QED) is 0.211. The van der Waals surface area contributed by atoms with Crippen LogP contribution in [0, 0.1) is 0 Å². The van der Waals surface area contributed by atoms with Gasteiger partial charge in [0, 0.05) is 11.1 Å². The minimum absolute atomic E-state index is 0.0473. The lowest BCUT2D eigenvalue weighted by Crippen LogP contribution is -2.08. The summed E-state index contributed by atoms with van der Waals surface area (Å²) in [5.41, 5.74) is 0.839. The van der Waals surface area contributed by atoms with Gasteiger partial charge in [0.05, 0.1) is 13.2 Å². The maximum atomic E-state index is 11.1. The Bertz CT molecular complexity index is 429. The summed E-state index contributed by atoms with van der Waals surface area (Å²) in [6, 6.07) is 0. The molecule has 5 heteroatoms. The van der Waals surface area contributed by atoms with Gasteiger partial charge >= 0.3 is 11.9 Å². The maximum Gasteiger partial charge on any atom is 0.333 e. The molecule has 0 aliphatic heterocycles. The van der Waals surface area contributed by atoms with E-state index in [0.29, 0.717) is 17.8 Å². The van der Waals surface area contributed by atoms with Crippen LogP contribution in [-0.4, -0.2) is 36.9 Å². The molecule has 0 saturated heterocycles. The smallest absolute Gasteiger partial charge is 0.333 e. The van der Waals surface area contributed by atoms with Crippen LogP contribution in [-0.2, 0) is 19.1 Å². The van der Waals surface area contributed by atoms with Gasteiger partial charge in [0.25, 0.3) is 0 Å². The highest BCUT2D eigenvalue weighted by Gasteiger charge is 2.01. The van der Waals surface area contributed by atoms with Gasteiger partial charge in [-0.2, -0.15) is 0 Å². The normalized spacial score (nSPS) is 9.86. The molecule has 0 rings (SSSR count).